The van der Waals surface area contributed by atoms with E-state index in [1.54, 1.807) is 0 Å². The van der Waals surface area contributed by atoms with E-state index < -0.39 is 0 Å². The number of hydrogen-bond donors (Lipinski definition) is 2. The van der Waals surface area contributed by atoms with Crippen LogP contribution in [-0.2, 0) is 6.42 Å². The average molecular weight is 273 g/mol. The standard InChI is InChI=1S/C13H21ClN2S/c1-13(2,3)17-9-11(16-15)8-10-6-4-5-7-12(10)14/h4-7,11,16H,8-9,15H2,1-3H3. The predicted molar refractivity (Wildman–Crippen MR) is 78.5 cm³/mol. The lowest BCUT2D eigenvalue weighted by Crippen LogP contribution is -2.39. The molecule has 3 N–H and O–H groups in total. The van der Waals surface area contributed by atoms with Gasteiger partial charge >= 0.3 is 0 Å². The Morgan fingerprint density at radius 2 is 2.00 bits per heavy atom. The topological polar surface area (TPSA) is 38.0 Å². The summed E-state index contributed by atoms with van der Waals surface area (Å²) < 4.78 is 0.260. The van der Waals surface area contributed by atoms with Crippen LogP contribution in [0.4, 0.5) is 0 Å². The number of nitrogens with two attached hydrogens (primary N) is 1. The van der Waals surface area contributed by atoms with Gasteiger partial charge in [-0.2, -0.15) is 11.8 Å². The molecule has 0 aliphatic heterocycles. The first-order valence-corrected chi connectivity index (χ1v) is 7.12. The lowest BCUT2D eigenvalue weighted by atomic mass is 10.1. The van der Waals surface area contributed by atoms with Crippen LogP contribution in [-0.4, -0.2) is 16.5 Å². The van der Waals surface area contributed by atoms with Gasteiger partial charge in [0.05, 0.1) is 0 Å². The molecular weight excluding hydrogens is 252 g/mol. The van der Waals surface area contributed by atoms with Gasteiger partial charge in [-0.1, -0.05) is 50.6 Å². The second-order valence-electron chi connectivity index (χ2n) is 5.08. The number of rotatable bonds is 5. The summed E-state index contributed by atoms with van der Waals surface area (Å²) in [4.78, 5) is 0. The molecule has 1 atom stereocenters. The molecule has 0 bridgehead atoms. The smallest absolute Gasteiger partial charge is 0.0438 e. The van der Waals surface area contributed by atoms with Crippen molar-refractivity contribution >= 4 is 23.4 Å². The highest BCUT2D eigenvalue weighted by molar-refractivity contribution is 8.00. The molecule has 1 aromatic rings. The van der Waals surface area contributed by atoms with E-state index in [0.29, 0.717) is 0 Å². The summed E-state index contributed by atoms with van der Waals surface area (Å²) in [6.07, 6.45) is 0.860. The summed E-state index contributed by atoms with van der Waals surface area (Å²) in [6, 6.07) is 8.17. The molecule has 0 saturated carbocycles. The highest BCUT2D eigenvalue weighted by Gasteiger charge is 2.16. The van der Waals surface area contributed by atoms with E-state index in [1.807, 2.05) is 30.0 Å². The van der Waals surface area contributed by atoms with Crippen LogP contribution in [0.3, 0.4) is 0 Å². The molecule has 0 heterocycles. The second kappa shape index (κ2) is 6.64. The zero-order chi connectivity index (χ0) is 12.9. The van der Waals surface area contributed by atoms with Gasteiger partial charge in [-0.3, -0.25) is 11.3 Å². The van der Waals surface area contributed by atoms with Crippen molar-refractivity contribution in [3.05, 3.63) is 34.9 Å². The van der Waals surface area contributed by atoms with Crippen molar-refractivity contribution in [1.29, 1.82) is 0 Å². The Labute approximate surface area is 113 Å². The molecule has 0 aromatic heterocycles. The number of halogens is 1. The molecule has 0 aliphatic rings. The van der Waals surface area contributed by atoms with Crippen LogP contribution in [0.2, 0.25) is 5.02 Å². The van der Waals surface area contributed by atoms with Crippen LogP contribution in [0, 0.1) is 0 Å². The first-order chi connectivity index (χ1) is 7.92. The molecule has 0 amide bonds. The number of nitrogens with one attached hydrogen (secondary N) is 1. The van der Waals surface area contributed by atoms with E-state index >= 15 is 0 Å². The van der Waals surface area contributed by atoms with E-state index in [1.165, 1.54) is 0 Å². The van der Waals surface area contributed by atoms with Gasteiger partial charge in [0.2, 0.25) is 0 Å². The minimum atomic E-state index is 0.249. The first kappa shape index (κ1) is 14.8. The van der Waals surface area contributed by atoms with Gasteiger partial charge < -0.3 is 0 Å². The molecule has 0 saturated heterocycles. The lowest BCUT2D eigenvalue weighted by Gasteiger charge is -2.22. The molecule has 1 unspecified atom stereocenters. The monoisotopic (exact) mass is 272 g/mol. The summed E-state index contributed by atoms with van der Waals surface area (Å²) in [5.74, 6) is 6.57. The van der Waals surface area contributed by atoms with Crippen LogP contribution < -0.4 is 11.3 Å². The van der Waals surface area contributed by atoms with Gasteiger partial charge in [0, 0.05) is 21.6 Å². The van der Waals surface area contributed by atoms with Crippen LogP contribution >= 0.6 is 23.4 Å². The molecule has 1 rings (SSSR count). The quantitative estimate of drug-likeness (QED) is 0.638. The van der Waals surface area contributed by atoms with Gasteiger partial charge in [-0.25, -0.2) is 0 Å². The molecule has 96 valence electrons. The van der Waals surface area contributed by atoms with Crippen LogP contribution in [0.1, 0.15) is 26.3 Å². The largest absolute Gasteiger partial charge is 0.271 e. The number of benzene rings is 1. The molecule has 0 radical (unpaired) electrons. The Balaban J connectivity index is 2.56. The maximum atomic E-state index is 6.14. The Morgan fingerprint density at radius 3 is 2.53 bits per heavy atom. The van der Waals surface area contributed by atoms with Crippen molar-refractivity contribution in [2.24, 2.45) is 5.84 Å². The summed E-state index contributed by atoms with van der Waals surface area (Å²) >= 11 is 8.05. The van der Waals surface area contributed by atoms with Crippen molar-refractivity contribution in [1.82, 2.24) is 5.43 Å². The summed E-state index contributed by atoms with van der Waals surface area (Å²) in [5.41, 5.74) is 4.02. The van der Waals surface area contributed by atoms with E-state index in [2.05, 4.69) is 32.3 Å². The molecule has 17 heavy (non-hydrogen) atoms. The second-order valence-corrected chi connectivity index (χ2v) is 7.34. The van der Waals surface area contributed by atoms with Crippen molar-refractivity contribution in [3.63, 3.8) is 0 Å². The Morgan fingerprint density at radius 1 is 1.35 bits per heavy atom. The molecule has 0 spiro atoms. The molecule has 4 heteroatoms. The molecule has 0 fully saturated rings. The highest BCUT2D eigenvalue weighted by atomic mass is 35.5. The van der Waals surface area contributed by atoms with Crippen LogP contribution in [0.5, 0.6) is 0 Å². The minimum Gasteiger partial charge on any atom is -0.271 e. The third-order valence-electron chi connectivity index (χ3n) is 2.38. The fourth-order valence-corrected chi connectivity index (χ4v) is 2.57. The highest BCUT2D eigenvalue weighted by Crippen LogP contribution is 2.25. The van der Waals surface area contributed by atoms with E-state index in [-0.39, 0.29) is 10.8 Å². The summed E-state index contributed by atoms with van der Waals surface area (Å²) in [6.45, 7) is 6.63. The van der Waals surface area contributed by atoms with Crippen LogP contribution in [0.15, 0.2) is 24.3 Å². The van der Waals surface area contributed by atoms with Crippen molar-refractivity contribution in [3.8, 4) is 0 Å². The Bertz CT molecular complexity index is 350. The average Bonchev–Trinajstić information content (AvgIpc) is 2.25. The maximum absolute atomic E-state index is 6.14. The van der Waals surface area contributed by atoms with Gasteiger partial charge in [0.15, 0.2) is 0 Å². The fraction of sp³-hybridized carbons (Fsp3) is 0.538. The lowest BCUT2D eigenvalue weighted by molar-refractivity contribution is 0.573. The van der Waals surface area contributed by atoms with E-state index in [0.717, 1.165) is 22.8 Å². The zero-order valence-corrected chi connectivity index (χ0v) is 12.2. The van der Waals surface area contributed by atoms with Crippen LogP contribution in [0.25, 0.3) is 0 Å². The van der Waals surface area contributed by atoms with Crippen molar-refractivity contribution in [2.45, 2.75) is 38.0 Å². The SMILES string of the molecule is CC(C)(C)SCC(Cc1ccccc1Cl)NN. The molecule has 0 aliphatic carbocycles. The molecular formula is C13H21ClN2S. The Hall–Kier alpha value is -0.220. The summed E-state index contributed by atoms with van der Waals surface area (Å²) in [5, 5.41) is 0.813. The van der Waals surface area contributed by atoms with Gasteiger partial charge in [-0.15, -0.1) is 0 Å². The normalized spacial score (nSPS) is 13.7. The summed E-state index contributed by atoms with van der Waals surface area (Å²) in [7, 11) is 0. The predicted octanol–water partition coefficient (Wildman–Crippen LogP) is 3.25. The van der Waals surface area contributed by atoms with Crippen molar-refractivity contribution in [2.75, 3.05) is 5.75 Å². The third kappa shape index (κ3) is 5.77. The van der Waals surface area contributed by atoms with Gasteiger partial charge in [0.25, 0.3) is 0 Å². The maximum Gasteiger partial charge on any atom is 0.0438 e. The molecule has 2 nitrogen and oxygen atoms in total. The molecule has 1 aromatic carbocycles. The zero-order valence-electron chi connectivity index (χ0n) is 10.7. The number of thioether (sulfide) groups is 1. The van der Waals surface area contributed by atoms with Gasteiger partial charge in [-0.05, 0) is 18.1 Å². The van der Waals surface area contributed by atoms with Gasteiger partial charge in [0.1, 0.15) is 0 Å². The number of hydrazine groups is 1. The number of hydrogen-bond acceptors (Lipinski definition) is 3. The Kier molecular flexibility index (Phi) is 5.80. The fourth-order valence-electron chi connectivity index (χ4n) is 1.45. The van der Waals surface area contributed by atoms with E-state index in [4.69, 9.17) is 17.4 Å². The third-order valence-corrected chi connectivity index (χ3v) is 4.18. The van der Waals surface area contributed by atoms with E-state index in [9.17, 15) is 0 Å². The van der Waals surface area contributed by atoms with Crippen molar-refractivity contribution < 1.29 is 0 Å². The first-order valence-electron chi connectivity index (χ1n) is 5.76. The minimum absolute atomic E-state index is 0.249.